The van der Waals surface area contributed by atoms with Crippen molar-refractivity contribution in [2.45, 2.75) is 38.0 Å². The van der Waals surface area contributed by atoms with Crippen LogP contribution in [0.1, 0.15) is 30.1 Å². The average molecular weight is 337 g/mol. The second kappa shape index (κ2) is 7.25. The normalized spacial score (nSPS) is 18.0. The van der Waals surface area contributed by atoms with Crippen LogP contribution in [0.25, 0.3) is 5.69 Å². The zero-order valence-electron chi connectivity index (χ0n) is 14.2. The van der Waals surface area contributed by atoms with Gasteiger partial charge in [0.15, 0.2) is 0 Å². The largest absolute Gasteiger partial charge is 0.389 e. The number of rotatable bonds is 6. The number of hydrogen-bond acceptors (Lipinski definition) is 3. The summed E-state index contributed by atoms with van der Waals surface area (Å²) in [5.41, 5.74) is 3.63. The molecule has 0 amide bonds. The van der Waals surface area contributed by atoms with Crippen LogP contribution in [0.15, 0.2) is 61.2 Å². The average Bonchev–Trinajstić information content (AvgIpc) is 3.31. The zero-order valence-corrected chi connectivity index (χ0v) is 14.2. The third-order valence-corrected chi connectivity index (χ3v) is 4.72. The van der Waals surface area contributed by atoms with Gasteiger partial charge < -0.3 is 14.4 Å². The molecule has 1 aliphatic rings. The first-order chi connectivity index (χ1) is 12.3. The first-order valence-electron chi connectivity index (χ1n) is 8.83. The van der Waals surface area contributed by atoms with Gasteiger partial charge in [-0.2, -0.15) is 5.10 Å². The van der Waals surface area contributed by atoms with E-state index in [1.807, 2.05) is 35.3 Å². The van der Waals surface area contributed by atoms with Crippen molar-refractivity contribution in [2.75, 3.05) is 6.61 Å². The van der Waals surface area contributed by atoms with Crippen LogP contribution in [0, 0.1) is 0 Å². The Kier molecular flexibility index (Phi) is 4.68. The SMILES string of the molecule is O[C@H](CO[C@@H]1CCCc2ccccc21)Cn1cc(-n2cccc2)cn1. The van der Waals surface area contributed by atoms with Gasteiger partial charge in [0.25, 0.3) is 0 Å². The summed E-state index contributed by atoms with van der Waals surface area (Å²) >= 11 is 0. The lowest BCUT2D eigenvalue weighted by Crippen LogP contribution is -2.24. The van der Waals surface area contributed by atoms with Crippen LogP contribution >= 0.6 is 0 Å². The quantitative estimate of drug-likeness (QED) is 0.752. The summed E-state index contributed by atoms with van der Waals surface area (Å²) in [6.07, 6.45) is 10.5. The van der Waals surface area contributed by atoms with E-state index < -0.39 is 6.10 Å². The molecule has 0 saturated heterocycles. The summed E-state index contributed by atoms with van der Waals surface area (Å²) in [7, 11) is 0. The lowest BCUT2D eigenvalue weighted by atomic mass is 9.89. The molecule has 3 aromatic rings. The van der Waals surface area contributed by atoms with Crippen LogP contribution in [0.5, 0.6) is 0 Å². The maximum absolute atomic E-state index is 10.3. The van der Waals surface area contributed by atoms with E-state index in [0.29, 0.717) is 13.2 Å². The highest BCUT2D eigenvalue weighted by atomic mass is 16.5. The minimum Gasteiger partial charge on any atom is -0.389 e. The molecule has 0 unspecified atom stereocenters. The monoisotopic (exact) mass is 337 g/mol. The molecule has 0 spiro atoms. The first-order valence-corrected chi connectivity index (χ1v) is 8.83. The van der Waals surface area contributed by atoms with Crippen molar-refractivity contribution in [2.24, 2.45) is 0 Å². The molecule has 2 aromatic heterocycles. The summed E-state index contributed by atoms with van der Waals surface area (Å²) in [5, 5.41) is 14.7. The number of ether oxygens (including phenoxy) is 1. The molecular formula is C20H23N3O2. The number of nitrogens with zero attached hydrogens (tertiary/aromatic N) is 3. The van der Waals surface area contributed by atoms with Crippen LogP contribution < -0.4 is 0 Å². The van der Waals surface area contributed by atoms with Crippen molar-refractivity contribution in [3.63, 3.8) is 0 Å². The number of aliphatic hydroxyl groups excluding tert-OH is 1. The summed E-state index contributed by atoms with van der Waals surface area (Å²) in [5.74, 6) is 0. The molecule has 0 saturated carbocycles. The van der Waals surface area contributed by atoms with Crippen molar-refractivity contribution >= 4 is 0 Å². The summed E-state index contributed by atoms with van der Waals surface area (Å²) in [6, 6.07) is 12.4. The molecule has 1 aromatic carbocycles. The Morgan fingerprint density at radius 3 is 2.92 bits per heavy atom. The minimum absolute atomic E-state index is 0.0904. The van der Waals surface area contributed by atoms with E-state index in [9.17, 15) is 5.11 Å². The fourth-order valence-corrected chi connectivity index (χ4v) is 3.47. The van der Waals surface area contributed by atoms with Crippen molar-refractivity contribution in [3.8, 4) is 5.69 Å². The Bertz CT molecular complexity index is 810. The Morgan fingerprint density at radius 2 is 2.04 bits per heavy atom. The van der Waals surface area contributed by atoms with E-state index >= 15 is 0 Å². The van der Waals surface area contributed by atoms with E-state index in [2.05, 4.69) is 29.4 Å². The van der Waals surface area contributed by atoms with Gasteiger partial charge in [-0.15, -0.1) is 0 Å². The molecule has 130 valence electrons. The third kappa shape index (κ3) is 3.67. The number of hydrogen-bond donors (Lipinski definition) is 1. The minimum atomic E-state index is -0.577. The topological polar surface area (TPSA) is 52.2 Å². The van der Waals surface area contributed by atoms with Gasteiger partial charge in [0.05, 0.1) is 37.2 Å². The fourth-order valence-electron chi connectivity index (χ4n) is 3.47. The predicted molar refractivity (Wildman–Crippen MR) is 95.6 cm³/mol. The van der Waals surface area contributed by atoms with Crippen molar-refractivity contribution in [1.29, 1.82) is 0 Å². The van der Waals surface area contributed by atoms with Gasteiger partial charge in [0, 0.05) is 18.6 Å². The summed E-state index contributed by atoms with van der Waals surface area (Å²) in [6.45, 7) is 0.743. The lowest BCUT2D eigenvalue weighted by molar-refractivity contribution is -0.0235. The highest BCUT2D eigenvalue weighted by Crippen LogP contribution is 2.32. The van der Waals surface area contributed by atoms with Gasteiger partial charge in [0.2, 0.25) is 0 Å². The smallest absolute Gasteiger partial charge is 0.0969 e. The van der Waals surface area contributed by atoms with Crippen LogP contribution in [0.4, 0.5) is 0 Å². The molecule has 5 heteroatoms. The van der Waals surface area contributed by atoms with Gasteiger partial charge in [-0.3, -0.25) is 4.68 Å². The van der Waals surface area contributed by atoms with Gasteiger partial charge in [-0.05, 0) is 42.5 Å². The van der Waals surface area contributed by atoms with E-state index in [1.165, 1.54) is 11.1 Å². The maximum atomic E-state index is 10.3. The van der Waals surface area contributed by atoms with Gasteiger partial charge in [-0.25, -0.2) is 0 Å². The van der Waals surface area contributed by atoms with E-state index in [4.69, 9.17) is 4.74 Å². The number of aromatic nitrogens is 3. The molecule has 1 N–H and O–H groups in total. The predicted octanol–water partition coefficient (Wildman–Crippen LogP) is 3.13. The van der Waals surface area contributed by atoms with Crippen molar-refractivity contribution in [3.05, 3.63) is 72.3 Å². The number of benzene rings is 1. The maximum Gasteiger partial charge on any atom is 0.0969 e. The van der Waals surface area contributed by atoms with Gasteiger partial charge >= 0.3 is 0 Å². The molecule has 25 heavy (non-hydrogen) atoms. The standard InChI is InChI=1S/C20H23N3O2/c24-18(14-23-13-17(12-21-23)22-10-3-4-11-22)15-25-20-9-5-7-16-6-1-2-8-19(16)20/h1-4,6,8,10-13,18,20,24H,5,7,9,14-15H2/t18-,20+/m0/s1. The van der Waals surface area contributed by atoms with Gasteiger partial charge in [0.1, 0.15) is 0 Å². The number of aryl methyl sites for hydroxylation is 1. The molecule has 5 nitrogen and oxygen atoms in total. The fraction of sp³-hybridized carbons (Fsp3) is 0.350. The molecular weight excluding hydrogens is 314 g/mol. The molecule has 4 rings (SSSR count). The third-order valence-electron chi connectivity index (χ3n) is 4.72. The van der Waals surface area contributed by atoms with Crippen LogP contribution in [0.3, 0.4) is 0 Å². The number of fused-ring (bicyclic) bond motifs is 1. The Hall–Kier alpha value is -2.37. The molecule has 2 heterocycles. The second-order valence-corrected chi connectivity index (χ2v) is 6.58. The van der Waals surface area contributed by atoms with E-state index in [1.54, 1.807) is 10.9 Å². The molecule has 1 aliphatic carbocycles. The summed E-state index contributed by atoms with van der Waals surface area (Å²) < 4.78 is 9.78. The van der Waals surface area contributed by atoms with Crippen molar-refractivity contribution in [1.82, 2.24) is 14.3 Å². The second-order valence-electron chi connectivity index (χ2n) is 6.58. The summed E-state index contributed by atoms with van der Waals surface area (Å²) in [4.78, 5) is 0. The van der Waals surface area contributed by atoms with Crippen LogP contribution in [-0.4, -0.2) is 32.2 Å². The van der Waals surface area contributed by atoms with Gasteiger partial charge in [-0.1, -0.05) is 24.3 Å². The highest BCUT2D eigenvalue weighted by Gasteiger charge is 2.21. The molecule has 0 fully saturated rings. The van der Waals surface area contributed by atoms with E-state index in [0.717, 1.165) is 24.9 Å². The highest BCUT2D eigenvalue weighted by molar-refractivity contribution is 5.31. The lowest BCUT2D eigenvalue weighted by Gasteiger charge is -2.26. The molecule has 2 atom stereocenters. The molecule has 0 radical (unpaired) electrons. The van der Waals surface area contributed by atoms with Crippen LogP contribution in [-0.2, 0) is 17.7 Å². The Morgan fingerprint density at radius 1 is 1.20 bits per heavy atom. The number of aliphatic hydroxyl groups is 1. The molecule has 0 bridgehead atoms. The first kappa shape index (κ1) is 16.1. The van der Waals surface area contributed by atoms with Crippen LogP contribution in [0.2, 0.25) is 0 Å². The van der Waals surface area contributed by atoms with E-state index in [-0.39, 0.29) is 6.10 Å². The zero-order chi connectivity index (χ0) is 17.1. The Balaban J connectivity index is 1.33. The Labute approximate surface area is 147 Å². The van der Waals surface area contributed by atoms with Crippen molar-refractivity contribution < 1.29 is 9.84 Å². The molecule has 0 aliphatic heterocycles.